The molecule has 0 radical (unpaired) electrons. The van der Waals surface area contributed by atoms with E-state index in [2.05, 4.69) is 24.1 Å². The van der Waals surface area contributed by atoms with Gasteiger partial charge in [-0.2, -0.15) is 0 Å². The van der Waals surface area contributed by atoms with Crippen LogP contribution in [0.3, 0.4) is 0 Å². The lowest BCUT2D eigenvalue weighted by molar-refractivity contribution is -0.130. The number of piperazine rings is 1. The first-order chi connectivity index (χ1) is 11.1. The Kier molecular flexibility index (Phi) is 7.18. The zero-order valence-corrected chi connectivity index (χ0v) is 15.2. The topological polar surface area (TPSA) is 47.9 Å². The quantitative estimate of drug-likeness (QED) is 0.638. The van der Waals surface area contributed by atoms with Gasteiger partial charge in [0.15, 0.2) is 5.96 Å². The molecule has 0 spiro atoms. The van der Waals surface area contributed by atoms with Gasteiger partial charge in [-0.3, -0.25) is 9.79 Å². The first-order valence-corrected chi connectivity index (χ1v) is 9.39. The highest BCUT2D eigenvalue weighted by Crippen LogP contribution is 2.30. The van der Waals surface area contributed by atoms with Gasteiger partial charge in [0.2, 0.25) is 5.91 Å². The molecular weight excluding hydrogens is 288 g/mol. The van der Waals surface area contributed by atoms with Crippen molar-refractivity contribution in [2.45, 2.75) is 52.9 Å². The molecule has 2 atom stereocenters. The summed E-state index contributed by atoms with van der Waals surface area (Å²) in [5.74, 6) is 2.96. The largest absolute Gasteiger partial charge is 0.357 e. The molecule has 1 aliphatic heterocycles. The molecule has 23 heavy (non-hydrogen) atoms. The molecule has 5 heteroatoms. The molecule has 1 heterocycles. The molecule has 2 rings (SSSR count). The van der Waals surface area contributed by atoms with Gasteiger partial charge in [0.25, 0.3) is 0 Å². The number of rotatable bonds is 4. The van der Waals surface area contributed by atoms with Gasteiger partial charge >= 0.3 is 0 Å². The molecule has 0 aromatic carbocycles. The zero-order chi connectivity index (χ0) is 16.7. The lowest BCUT2D eigenvalue weighted by atomic mass is 9.81. The number of nitrogens with zero attached hydrogens (tertiary/aromatic N) is 3. The van der Waals surface area contributed by atoms with Gasteiger partial charge in [-0.15, -0.1) is 0 Å². The molecule has 1 saturated carbocycles. The van der Waals surface area contributed by atoms with Crippen molar-refractivity contribution in [3.8, 4) is 0 Å². The van der Waals surface area contributed by atoms with E-state index in [4.69, 9.17) is 4.99 Å². The van der Waals surface area contributed by atoms with Crippen LogP contribution in [0.1, 0.15) is 52.9 Å². The Labute approximate surface area is 141 Å². The Hall–Kier alpha value is -1.26. The van der Waals surface area contributed by atoms with E-state index in [0.717, 1.165) is 57.1 Å². The van der Waals surface area contributed by atoms with Crippen LogP contribution in [0.2, 0.25) is 0 Å². The van der Waals surface area contributed by atoms with Crippen LogP contribution in [0.25, 0.3) is 0 Å². The zero-order valence-electron chi connectivity index (χ0n) is 15.2. The van der Waals surface area contributed by atoms with Crippen molar-refractivity contribution in [1.29, 1.82) is 0 Å². The minimum Gasteiger partial charge on any atom is -0.357 e. The van der Waals surface area contributed by atoms with Crippen molar-refractivity contribution in [2.75, 3.05) is 39.3 Å². The maximum absolute atomic E-state index is 11.4. The highest BCUT2D eigenvalue weighted by atomic mass is 16.2. The third kappa shape index (κ3) is 5.70. The van der Waals surface area contributed by atoms with Crippen LogP contribution in [-0.2, 0) is 4.79 Å². The number of amides is 1. The fourth-order valence-electron chi connectivity index (χ4n) is 3.83. The van der Waals surface area contributed by atoms with Crippen molar-refractivity contribution in [3.63, 3.8) is 0 Å². The predicted octanol–water partition coefficient (Wildman–Crippen LogP) is 2.33. The molecule has 5 nitrogen and oxygen atoms in total. The van der Waals surface area contributed by atoms with E-state index >= 15 is 0 Å². The van der Waals surface area contributed by atoms with Crippen LogP contribution in [0, 0.1) is 11.8 Å². The normalized spacial score (nSPS) is 26.3. The van der Waals surface area contributed by atoms with Gasteiger partial charge in [-0.05, 0) is 31.6 Å². The maximum Gasteiger partial charge on any atom is 0.219 e. The molecule has 0 bridgehead atoms. The summed E-state index contributed by atoms with van der Waals surface area (Å²) in [6.45, 7) is 11.3. The summed E-state index contributed by atoms with van der Waals surface area (Å²) in [6, 6.07) is 0. The first-order valence-electron chi connectivity index (χ1n) is 9.39. The fourth-order valence-corrected chi connectivity index (χ4v) is 3.83. The first kappa shape index (κ1) is 18.1. The molecule has 2 unspecified atom stereocenters. The Balaban J connectivity index is 1.81. The maximum atomic E-state index is 11.4. The summed E-state index contributed by atoms with van der Waals surface area (Å²) >= 11 is 0. The Morgan fingerprint density at radius 1 is 1.17 bits per heavy atom. The number of hydrogen-bond acceptors (Lipinski definition) is 2. The highest BCUT2D eigenvalue weighted by Gasteiger charge is 2.21. The van der Waals surface area contributed by atoms with Crippen LogP contribution >= 0.6 is 0 Å². The van der Waals surface area contributed by atoms with E-state index < -0.39 is 0 Å². The van der Waals surface area contributed by atoms with Gasteiger partial charge in [0.1, 0.15) is 0 Å². The van der Waals surface area contributed by atoms with E-state index in [0.29, 0.717) is 0 Å². The van der Waals surface area contributed by atoms with Crippen molar-refractivity contribution >= 4 is 11.9 Å². The second-order valence-corrected chi connectivity index (χ2v) is 7.16. The van der Waals surface area contributed by atoms with E-state index in [1.165, 1.54) is 32.1 Å². The smallest absolute Gasteiger partial charge is 0.219 e. The molecule has 1 saturated heterocycles. The van der Waals surface area contributed by atoms with Gasteiger partial charge in [0.05, 0.1) is 0 Å². The molecule has 0 aromatic rings. The number of carbonyl (C=O) groups is 1. The molecule has 2 fully saturated rings. The summed E-state index contributed by atoms with van der Waals surface area (Å²) in [5.41, 5.74) is 0. The summed E-state index contributed by atoms with van der Waals surface area (Å²) in [4.78, 5) is 20.5. The summed E-state index contributed by atoms with van der Waals surface area (Å²) in [6.07, 6.45) is 6.77. The van der Waals surface area contributed by atoms with E-state index in [1.807, 2.05) is 4.90 Å². The number of guanidine groups is 1. The van der Waals surface area contributed by atoms with Crippen LogP contribution in [-0.4, -0.2) is 60.9 Å². The van der Waals surface area contributed by atoms with Gasteiger partial charge in [-0.25, -0.2) is 0 Å². The number of aliphatic imine (C=N–C) groups is 1. The third-order valence-electron chi connectivity index (χ3n) is 5.20. The van der Waals surface area contributed by atoms with E-state index in [9.17, 15) is 4.79 Å². The SMILES string of the molecule is CCNC(=NCCC1CCCC(C)C1)N1CCN(C(C)=O)CC1. The second kappa shape index (κ2) is 9.14. The number of carbonyl (C=O) groups excluding carboxylic acids is 1. The molecule has 1 aliphatic carbocycles. The average Bonchev–Trinajstić information content (AvgIpc) is 2.54. The molecule has 1 amide bonds. The number of hydrogen-bond donors (Lipinski definition) is 1. The number of nitrogens with one attached hydrogen (secondary N) is 1. The van der Waals surface area contributed by atoms with Crippen LogP contribution in [0.4, 0.5) is 0 Å². The summed E-state index contributed by atoms with van der Waals surface area (Å²) < 4.78 is 0. The van der Waals surface area contributed by atoms with Gasteiger partial charge in [-0.1, -0.05) is 26.2 Å². The van der Waals surface area contributed by atoms with Gasteiger partial charge in [0, 0.05) is 46.2 Å². The van der Waals surface area contributed by atoms with Crippen molar-refractivity contribution in [2.24, 2.45) is 16.8 Å². The van der Waals surface area contributed by atoms with Crippen LogP contribution in [0.5, 0.6) is 0 Å². The minimum absolute atomic E-state index is 0.179. The van der Waals surface area contributed by atoms with Gasteiger partial charge < -0.3 is 15.1 Å². The molecule has 2 aliphatic rings. The lowest BCUT2D eigenvalue weighted by Crippen LogP contribution is -2.53. The summed E-state index contributed by atoms with van der Waals surface area (Å²) in [5, 5.41) is 3.42. The van der Waals surface area contributed by atoms with E-state index in [1.54, 1.807) is 6.92 Å². The van der Waals surface area contributed by atoms with E-state index in [-0.39, 0.29) is 5.91 Å². The Morgan fingerprint density at radius 3 is 2.48 bits per heavy atom. The Morgan fingerprint density at radius 2 is 1.87 bits per heavy atom. The molecule has 1 N–H and O–H groups in total. The fraction of sp³-hybridized carbons (Fsp3) is 0.889. The molecular formula is C18H34N4O. The van der Waals surface area contributed by atoms with Crippen molar-refractivity contribution in [3.05, 3.63) is 0 Å². The lowest BCUT2D eigenvalue weighted by Gasteiger charge is -2.36. The highest BCUT2D eigenvalue weighted by molar-refractivity contribution is 5.80. The predicted molar refractivity (Wildman–Crippen MR) is 95.5 cm³/mol. The minimum atomic E-state index is 0.179. The standard InChI is InChI=1S/C18H34N4O/c1-4-19-18(22-12-10-21(11-13-22)16(3)23)20-9-8-17-7-5-6-15(2)14-17/h15,17H,4-14H2,1-3H3,(H,19,20). The molecule has 0 aromatic heterocycles. The Bertz CT molecular complexity index is 402. The third-order valence-corrected chi connectivity index (χ3v) is 5.20. The second-order valence-electron chi connectivity index (χ2n) is 7.16. The average molecular weight is 322 g/mol. The van der Waals surface area contributed by atoms with Crippen LogP contribution < -0.4 is 5.32 Å². The molecule has 132 valence electrons. The van der Waals surface area contributed by atoms with Crippen molar-refractivity contribution in [1.82, 2.24) is 15.1 Å². The van der Waals surface area contributed by atoms with Crippen LogP contribution in [0.15, 0.2) is 4.99 Å². The monoisotopic (exact) mass is 322 g/mol. The summed E-state index contributed by atoms with van der Waals surface area (Å²) in [7, 11) is 0. The van der Waals surface area contributed by atoms with Crippen molar-refractivity contribution < 1.29 is 4.79 Å².